The van der Waals surface area contributed by atoms with Crippen molar-refractivity contribution in [3.63, 3.8) is 0 Å². The van der Waals surface area contributed by atoms with Gasteiger partial charge in [0.15, 0.2) is 0 Å². The number of hydrogen-bond acceptors (Lipinski definition) is 1. The van der Waals surface area contributed by atoms with Crippen LogP contribution in [0.5, 0.6) is 0 Å². The van der Waals surface area contributed by atoms with Crippen LogP contribution in [0.1, 0.15) is 25.8 Å². The summed E-state index contributed by atoms with van der Waals surface area (Å²) in [4.78, 5) is 0. The first kappa shape index (κ1) is 10.0. The van der Waals surface area contributed by atoms with Gasteiger partial charge in [0, 0.05) is 0 Å². The molecule has 0 aromatic heterocycles. The Morgan fingerprint density at radius 1 is 1.38 bits per heavy atom. The second-order valence-corrected chi connectivity index (χ2v) is 3.45. The molecule has 1 aromatic rings. The fraction of sp³-hybridized carbons (Fsp3) is 0.333. The standard InChI is InChI=1S/C12H16O/c1-10(8-11(2)13)9-12-6-4-3-5-7-12/h3-7,9,11,13H,8H2,1-2H3/b10-9+/t11-/m1/s1. The average molecular weight is 176 g/mol. The molecule has 1 aromatic carbocycles. The highest BCUT2D eigenvalue weighted by atomic mass is 16.3. The van der Waals surface area contributed by atoms with Gasteiger partial charge in [-0.15, -0.1) is 0 Å². The van der Waals surface area contributed by atoms with Gasteiger partial charge in [-0.2, -0.15) is 0 Å². The Labute approximate surface area is 79.7 Å². The topological polar surface area (TPSA) is 20.2 Å². The highest BCUT2D eigenvalue weighted by Gasteiger charge is 1.96. The van der Waals surface area contributed by atoms with Crippen LogP contribution in [0, 0.1) is 0 Å². The quantitative estimate of drug-likeness (QED) is 0.750. The molecule has 70 valence electrons. The van der Waals surface area contributed by atoms with Crippen LogP contribution >= 0.6 is 0 Å². The molecule has 1 heteroatoms. The zero-order chi connectivity index (χ0) is 9.68. The maximum absolute atomic E-state index is 9.16. The minimum atomic E-state index is -0.250. The van der Waals surface area contributed by atoms with Crippen LogP contribution < -0.4 is 0 Å². The van der Waals surface area contributed by atoms with Crippen molar-refractivity contribution in [1.29, 1.82) is 0 Å². The van der Waals surface area contributed by atoms with Gasteiger partial charge in [-0.1, -0.05) is 42.0 Å². The lowest BCUT2D eigenvalue weighted by Gasteiger charge is -2.03. The summed E-state index contributed by atoms with van der Waals surface area (Å²) >= 11 is 0. The number of aliphatic hydroxyl groups excluding tert-OH is 1. The van der Waals surface area contributed by atoms with Gasteiger partial charge in [-0.05, 0) is 25.8 Å². The first-order valence-corrected chi connectivity index (χ1v) is 4.59. The highest BCUT2D eigenvalue weighted by molar-refractivity contribution is 5.51. The largest absolute Gasteiger partial charge is 0.393 e. The van der Waals surface area contributed by atoms with E-state index in [0.717, 1.165) is 6.42 Å². The van der Waals surface area contributed by atoms with Crippen LogP contribution in [-0.4, -0.2) is 11.2 Å². The molecule has 0 spiro atoms. The summed E-state index contributed by atoms with van der Waals surface area (Å²) in [7, 11) is 0. The molecule has 0 fully saturated rings. The lowest BCUT2D eigenvalue weighted by molar-refractivity contribution is 0.195. The third kappa shape index (κ3) is 3.90. The third-order valence-electron chi connectivity index (χ3n) is 1.83. The van der Waals surface area contributed by atoms with E-state index >= 15 is 0 Å². The first-order chi connectivity index (χ1) is 6.18. The van der Waals surface area contributed by atoms with Crippen LogP contribution in [0.2, 0.25) is 0 Å². The second kappa shape index (κ2) is 4.83. The molecule has 0 aliphatic carbocycles. The molecule has 0 saturated heterocycles. The average Bonchev–Trinajstić information content (AvgIpc) is 2.04. The molecular formula is C12H16O. The Kier molecular flexibility index (Phi) is 3.71. The third-order valence-corrected chi connectivity index (χ3v) is 1.83. The monoisotopic (exact) mass is 176 g/mol. The zero-order valence-electron chi connectivity index (χ0n) is 8.20. The normalized spacial score (nSPS) is 14.2. The molecule has 1 atom stereocenters. The fourth-order valence-electron chi connectivity index (χ4n) is 1.36. The Morgan fingerprint density at radius 3 is 2.54 bits per heavy atom. The van der Waals surface area contributed by atoms with Crippen LogP contribution in [0.25, 0.3) is 6.08 Å². The number of benzene rings is 1. The molecule has 0 radical (unpaired) electrons. The summed E-state index contributed by atoms with van der Waals surface area (Å²) in [5.41, 5.74) is 2.40. The van der Waals surface area contributed by atoms with E-state index in [1.807, 2.05) is 32.0 Å². The number of aliphatic hydroxyl groups is 1. The zero-order valence-corrected chi connectivity index (χ0v) is 8.20. The number of rotatable bonds is 3. The van der Waals surface area contributed by atoms with Crippen LogP contribution in [0.3, 0.4) is 0 Å². The molecule has 0 aliphatic rings. The summed E-state index contributed by atoms with van der Waals surface area (Å²) in [6, 6.07) is 10.2. The first-order valence-electron chi connectivity index (χ1n) is 4.59. The minimum Gasteiger partial charge on any atom is -0.393 e. The van der Waals surface area contributed by atoms with Crippen molar-refractivity contribution in [2.75, 3.05) is 0 Å². The summed E-state index contributed by atoms with van der Waals surface area (Å²) in [6.45, 7) is 3.85. The van der Waals surface area contributed by atoms with Crippen molar-refractivity contribution in [2.45, 2.75) is 26.4 Å². The molecule has 0 aliphatic heterocycles. The second-order valence-electron chi connectivity index (χ2n) is 3.45. The van der Waals surface area contributed by atoms with E-state index in [9.17, 15) is 0 Å². The summed E-state index contributed by atoms with van der Waals surface area (Å²) in [6.07, 6.45) is 2.60. The Morgan fingerprint density at radius 2 is 2.00 bits per heavy atom. The molecular weight excluding hydrogens is 160 g/mol. The molecule has 0 saturated carbocycles. The minimum absolute atomic E-state index is 0.250. The predicted molar refractivity (Wildman–Crippen MR) is 56.4 cm³/mol. The molecule has 1 nitrogen and oxygen atoms in total. The van der Waals surface area contributed by atoms with Crippen molar-refractivity contribution in [3.05, 3.63) is 41.5 Å². The summed E-state index contributed by atoms with van der Waals surface area (Å²) in [5.74, 6) is 0. The van der Waals surface area contributed by atoms with Crippen LogP contribution in [-0.2, 0) is 0 Å². The van der Waals surface area contributed by atoms with Crippen molar-refractivity contribution in [3.8, 4) is 0 Å². The van der Waals surface area contributed by atoms with E-state index < -0.39 is 0 Å². The van der Waals surface area contributed by atoms with E-state index in [1.165, 1.54) is 11.1 Å². The number of hydrogen-bond donors (Lipinski definition) is 1. The fourth-order valence-corrected chi connectivity index (χ4v) is 1.36. The lowest BCUT2D eigenvalue weighted by atomic mass is 10.1. The van der Waals surface area contributed by atoms with Gasteiger partial charge in [-0.3, -0.25) is 0 Å². The summed E-state index contributed by atoms with van der Waals surface area (Å²) in [5, 5.41) is 9.16. The molecule has 1 rings (SSSR count). The van der Waals surface area contributed by atoms with Gasteiger partial charge >= 0.3 is 0 Å². The smallest absolute Gasteiger partial charge is 0.0549 e. The molecule has 0 bridgehead atoms. The maximum atomic E-state index is 9.16. The van der Waals surface area contributed by atoms with Crippen molar-refractivity contribution >= 4 is 6.08 Å². The van der Waals surface area contributed by atoms with Gasteiger partial charge in [-0.25, -0.2) is 0 Å². The van der Waals surface area contributed by atoms with E-state index in [1.54, 1.807) is 0 Å². The molecule has 0 heterocycles. The van der Waals surface area contributed by atoms with Crippen LogP contribution in [0.4, 0.5) is 0 Å². The Hall–Kier alpha value is -1.08. The van der Waals surface area contributed by atoms with Gasteiger partial charge in [0.1, 0.15) is 0 Å². The Bertz CT molecular complexity index is 272. The van der Waals surface area contributed by atoms with Crippen LogP contribution in [0.15, 0.2) is 35.9 Å². The van der Waals surface area contributed by atoms with Gasteiger partial charge in [0.05, 0.1) is 6.10 Å². The summed E-state index contributed by atoms with van der Waals surface area (Å²) < 4.78 is 0. The maximum Gasteiger partial charge on any atom is 0.0549 e. The van der Waals surface area contributed by atoms with Gasteiger partial charge < -0.3 is 5.11 Å². The van der Waals surface area contributed by atoms with E-state index in [4.69, 9.17) is 5.11 Å². The molecule has 0 amide bonds. The Balaban J connectivity index is 2.66. The van der Waals surface area contributed by atoms with Crippen molar-refractivity contribution in [2.24, 2.45) is 0 Å². The van der Waals surface area contributed by atoms with Gasteiger partial charge in [0.25, 0.3) is 0 Å². The predicted octanol–water partition coefficient (Wildman–Crippen LogP) is 2.86. The van der Waals surface area contributed by atoms with Crippen molar-refractivity contribution in [1.82, 2.24) is 0 Å². The SMILES string of the molecule is C/C(=C\c1ccccc1)C[C@@H](C)O. The molecule has 1 N–H and O–H groups in total. The van der Waals surface area contributed by atoms with E-state index in [-0.39, 0.29) is 6.10 Å². The lowest BCUT2D eigenvalue weighted by Crippen LogP contribution is -1.99. The van der Waals surface area contributed by atoms with Crippen molar-refractivity contribution < 1.29 is 5.11 Å². The van der Waals surface area contributed by atoms with E-state index in [0.29, 0.717) is 0 Å². The molecule has 0 unspecified atom stereocenters. The van der Waals surface area contributed by atoms with Gasteiger partial charge in [0.2, 0.25) is 0 Å². The molecule has 13 heavy (non-hydrogen) atoms. The van der Waals surface area contributed by atoms with E-state index in [2.05, 4.69) is 18.2 Å². The highest BCUT2D eigenvalue weighted by Crippen LogP contribution is 2.10.